The number of amides is 2. The van der Waals surface area contributed by atoms with Gasteiger partial charge in [-0.25, -0.2) is 4.79 Å². The van der Waals surface area contributed by atoms with Crippen LogP contribution in [0.3, 0.4) is 0 Å². The van der Waals surface area contributed by atoms with E-state index in [1.807, 2.05) is 0 Å². The maximum Gasteiger partial charge on any atom is 0.416 e. The zero-order valence-electron chi connectivity index (χ0n) is 15.9. The Morgan fingerprint density at radius 1 is 1.03 bits per heavy atom. The minimum Gasteiger partial charge on any atom is -0.334 e. The van der Waals surface area contributed by atoms with Crippen LogP contribution in [-0.4, -0.2) is 31.2 Å². The topological polar surface area (TPSA) is 32.3 Å². The van der Waals surface area contributed by atoms with E-state index in [-0.39, 0.29) is 39.6 Å². The number of benzene rings is 2. The van der Waals surface area contributed by atoms with E-state index in [1.54, 1.807) is 32.3 Å². The number of hydrogen-bond acceptors (Lipinski definition) is 1. The summed E-state index contributed by atoms with van der Waals surface area (Å²) in [7, 11) is 3.21. The monoisotopic (exact) mass is 498 g/mol. The van der Waals surface area contributed by atoms with Crippen molar-refractivity contribution in [1.29, 1.82) is 0 Å². The Labute approximate surface area is 192 Å². The lowest BCUT2D eigenvalue weighted by Gasteiger charge is -2.14. The molecule has 2 aromatic rings. The summed E-state index contributed by atoms with van der Waals surface area (Å²) in [4.78, 5) is 13.0. The Balaban J connectivity index is 2.26. The smallest absolute Gasteiger partial charge is 0.334 e. The molecule has 2 amide bonds. The number of alkyl halides is 3. The van der Waals surface area contributed by atoms with E-state index in [9.17, 15) is 18.0 Å². The number of rotatable bonds is 5. The van der Waals surface area contributed by atoms with E-state index in [4.69, 9.17) is 46.4 Å². The number of allylic oxidation sites excluding steroid dienone is 2. The average Bonchev–Trinajstić information content (AvgIpc) is 2.64. The van der Waals surface area contributed by atoms with E-state index in [0.717, 1.165) is 18.2 Å². The van der Waals surface area contributed by atoms with Gasteiger partial charge in [-0.05, 0) is 41.3 Å². The Kier molecular flexibility index (Phi) is 8.34. The fourth-order valence-electron chi connectivity index (χ4n) is 2.52. The molecule has 0 aliphatic rings. The summed E-state index contributed by atoms with van der Waals surface area (Å²) in [6.07, 6.45) is -3.62. The number of hydrogen-bond donors (Lipinski definition) is 1. The molecule has 0 atom stereocenters. The van der Waals surface area contributed by atoms with Gasteiger partial charge in [0.15, 0.2) is 0 Å². The van der Waals surface area contributed by atoms with Crippen LogP contribution < -0.4 is 5.32 Å². The van der Waals surface area contributed by atoms with Crippen molar-refractivity contribution < 1.29 is 18.0 Å². The molecule has 0 aromatic heterocycles. The van der Waals surface area contributed by atoms with Crippen LogP contribution in [0.4, 0.5) is 18.0 Å². The Bertz CT molecular complexity index is 952. The molecule has 2 rings (SSSR count). The molecule has 1 N–H and O–H groups in total. The van der Waals surface area contributed by atoms with Gasteiger partial charge in [-0.15, -0.1) is 0 Å². The minimum atomic E-state index is -4.62. The third-order valence-corrected chi connectivity index (χ3v) is 5.64. The Morgan fingerprint density at radius 2 is 1.63 bits per heavy atom. The molecule has 162 valence electrons. The first-order chi connectivity index (χ1) is 13.9. The molecular weight excluding hydrogens is 483 g/mol. The fraction of sp³-hybridized carbons (Fsp3) is 0.250. The summed E-state index contributed by atoms with van der Waals surface area (Å²) < 4.78 is 40.8. The highest BCUT2D eigenvalue weighted by Gasteiger charge is 2.35. The highest BCUT2D eigenvalue weighted by Crippen LogP contribution is 2.39. The van der Waals surface area contributed by atoms with Gasteiger partial charge in [-0.1, -0.05) is 64.6 Å². The lowest BCUT2D eigenvalue weighted by atomic mass is 10.0. The first-order valence-corrected chi connectivity index (χ1v) is 10.1. The predicted octanol–water partition coefficient (Wildman–Crippen LogP) is 7.26. The SMILES string of the molecule is CN(C)C(=O)NCc1ccc(CC=C(c2cc(Cl)c(Cl)c(Cl)c2)C(F)(F)F)cc1Cl. The summed E-state index contributed by atoms with van der Waals surface area (Å²) in [5, 5.41) is 2.87. The third kappa shape index (κ3) is 6.45. The highest BCUT2D eigenvalue weighted by molar-refractivity contribution is 6.48. The minimum absolute atomic E-state index is 0.00710. The van der Waals surface area contributed by atoms with Gasteiger partial charge in [0.25, 0.3) is 0 Å². The van der Waals surface area contributed by atoms with Gasteiger partial charge in [-0.2, -0.15) is 13.2 Å². The number of carbonyl (C=O) groups is 1. The molecule has 30 heavy (non-hydrogen) atoms. The van der Waals surface area contributed by atoms with Crippen molar-refractivity contribution in [3.05, 3.63) is 73.2 Å². The zero-order valence-corrected chi connectivity index (χ0v) is 18.9. The average molecular weight is 500 g/mol. The first kappa shape index (κ1) is 24.7. The second kappa shape index (κ2) is 10.1. The van der Waals surface area contributed by atoms with Crippen molar-refractivity contribution in [2.24, 2.45) is 0 Å². The molecule has 0 saturated heterocycles. The number of urea groups is 1. The molecule has 0 fully saturated rings. The van der Waals surface area contributed by atoms with Crippen LogP contribution in [0.1, 0.15) is 16.7 Å². The maximum atomic E-state index is 13.6. The summed E-state index contributed by atoms with van der Waals surface area (Å²) >= 11 is 23.8. The summed E-state index contributed by atoms with van der Waals surface area (Å²) in [5.41, 5.74) is 0.139. The standard InChI is InChI=1S/C20H17Cl4F3N2O/c1-29(2)19(30)28-10-12-5-3-11(7-15(12)21)4-6-14(20(25,26)27)13-8-16(22)18(24)17(23)9-13/h3,5-9H,4,10H2,1-2H3,(H,28,30). The molecule has 0 saturated carbocycles. The van der Waals surface area contributed by atoms with E-state index < -0.39 is 11.7 Å². The fourth-order valence-corrected chi connectivity index (χ4v) is 3.38. The second-order valence-electron chi connectivity index (χ2n) is 6.55. The van der Waals surface area contributed by atoms with Crippen molar-refractivity contribution in [2.45, 2.75) is 19.1 Å². The predicted molar refractivity (Wildman–Crippen MR) is 117 cm³/mol. The molecule has 3 nitrogen and oxygen atoms in total. The van der Waals surface area contributed by atoms with Crippen LogP contribution in [0.25, 0.3) is 5.57 Å². The van der Waals surface area contributed by atoms with E-state index in [2.05, 4.69) is 5.32 Å². The molecule has 0 aliphatic carbocycles. The maximum absolute atomic E-state index is 13.6. The van der Waals surface area contributed by atoms with Crippen LogP contribution >= 0.6 is 46.4 Å². The van der Waals surface area contributed by atoms with E-state index >= 15 is 0 Å². The highest BCUT2D eigenvalue weighted by atomic mass is 35.5. The number of nitrogens with zero attached hydrogens (tertiary/aromatic N) is 1. The van der Waals surface area contributed by atoms with Gasteiger partial charge in [0.05, 0.1) is 20.6 Å². The van der Waals surface area contributed by atoms with E-state index in [1.165, 1.54) is 4.90 Å². The van der Waals surface area contributed by atoms with Crippen molar-refractivity contribution in [1.82, 2.24) is 10.2 Å². The van der Waals surface area contributed by atoms with Crippen molar-refractivity contribution in [3.63, 3.8) is 0 Å². The summed E-state index contributed by atoms with van der Waals surface area (Å²) in [6, 6.07) is 6.83. The van der Waals surface area contributed by atoms with Gasteiger partial charge >= 0.3 is 12.2 Å². The lowest BCUT2D eigenvalue weighted by Crippen LogP contribution is -2.33. The first-order valence-electron chi connectivity index (χ1n) is 8.55. The number of halogens is 7. The molecule has 0 radical (unpaired) electrons. The third-order valence-electron chi connectivity index (χ3n) is 4.10. The van der Waals surface area contributed by atoms with Gasteiger partial charge in [0.1, 0.15) is 0 Å². The molecule has 10 heteroatoms. The van der Waals surface area contributed by atoms with Crippen LogP contribution in [0.2, 0.25) is 20.1 Å². The van der Waals surface area contributed by atoms with E-state index in [0.29, 0.717) is 16.1 Å². The largest absolute Gasteiger partial charge is 0.416 e. The molecule has 0 spiro atoms. The number of carbonyl (C=O) groups excluding carboxylic acids is 1. The zero-order chi connectivity index (χ0) is 22.6. The van der Waals surface area contributed by atoms with Gasteiger partial charge < -0.3 is 10.2 Å². The van der Waals surface area contributed by atoms with Crippen LogP contribution in [0.5, 0.6) is 0 Å². The van der Waals surface area contributed by atoms with Gasteiger partial charge in [0, 0.05) is 25.7 Å². The summed E-state index contributed by atoms with van der Waals surface area (Å²) in [5.74, 6) is 0. The Morgan fingerprint density at radius 3 is 2.13 bits per heavy atom. The quantitative estimate of drug-likeness (QED) is 0.431. The second-order valence-corrected chi connectivity index (χ2v) is 8.15. The van der Waals surface area contributed by atoms with Crippen LogP contribution in [0.15, 0.2) is 36.4 Å². The van der Waals surface area contributed by atoms with Crippen LogP contribution in [-0.2, 0) is 13.0 Å². The Hall–Kier alpha value is -1.60. The normalized spacial score (nSPS) is 12.1. The van der Waals surface area contributed by atoms with Crippen molar-refractivity contribution in [2.75, 3.05) is 14.1 Å². The van der Waals surface area contributed by atoms with Crippen molar-refractivity contribution in [3.8, 4) is 0 Å². The molecule has 2 aromatic carbocycles. The molecule has 0 heterocycles. The van der Waals surface area contributed by atoms with Gasteiger partial charge in [-0.3, -0.25) is 0 Å². The molecular formula is C20H17Cl4F3N2O. The van der Waals surface area contributed by atoms with Crippen molar-refractivity contribution >= 4 is 58.0 Å². The molecule has 0 aliphatic heterocycles. The summed E-state index contributed by atoms with van der Waals surface area (Å²) in [6.45, 7) is 0.196. The lowest BCUT2D eigenvalue weighted by molar-refractivity contribution is -0.0690. The molecule has 0 bridgehead atoms. The number of nitrogens with one attached hydrogen (secondary N) is 1. The van der Waals surface area contributed by atoms with Crippen LogP contribution in [0, 0.1) is 0 Å². The van der Waals surface area contributed by atoms with Gasteiger partial charge in [0.2, 0.25) is 0 Å². The molecule has 0 unspecified atom stereocenters.